The Labute approximate surface area is 158 Å². The van der Waals surface area contributed by atoms with Crippen LogP contribution < -0.4 is 10.2 Å². The molecule has 9 heteroatoms. The lowest BCUT2D eigenvalue weighted by molar-refractivity contribution is -0.870. The summed E-state index contributed by atoms with van der Waals surface area (Å²) in [6, 6.07) is 8.15. The Kier molecular flexibility index (Phi) is 5.46. The molecule has 28 heavy (non-hydrogen) atoms. The first-order chi connectivity index (χ1) is 13.3. The Morgan fingerprint density at radius 3 is 2.21 bits per heavy atom. The summed E-state index contributed by atoms with van der Waals surface area (Å²) in [7, 11) is 1.65. The maximum absolute atomic E-state index is 13.6. The number of imide groups is 1. The average molecular weight is 392 g/mol. The third-order valence-corrected chi connectivity index (χ3v) is 4.41. The van der Waals surface area contributed by atoms with Crippen molar-refractivity contribution in [2.75, 3.05) is 32.0 Å². The van der Waals surface area contributed by atoms with E-state index in [1.54, 1.807) is 31.3 Å². The molecule has 2 aromatic rings. The molecule has 0 radical (unpaired) electrons. The van der Waals surface area contributed by atoms with E-state index in [2.05, 4.69) is 5.32 Å². The van der Waals surface area contributed by atoms with Crippen LogP contribution in [-0.4, -0.2) is 49.3 Å². The van der Waals surface area contributed by atoms with Crippen molar-refractivity contribution < 1.29 is 32.5 Å². The number of halogens is 3. The molecule has 3 rings (SSSR count). The van der Waals surface area contributed by atoms with Crippen LogP contribution >= 0.6 is 0 Å². The zero-order valence-electron chi connectivity index (χ0n) is 14.9. The van der Waals surface area contributed by atoms with Crippen LogP contribution in [0, 0.1) is 17.5 Å². The van der Waals surface area contributed by atoms with Crippen molar-refractivity contribution in [2.45, 2.75) is 0 Å². The normalized spacial score (nSPS) is 14.2. The Morgan fingerprint density at radius 1 is 1.00 bits per heavy atom. The van der Waals surface area contributed by atoms with Crippen molar-refractivity contribution in [2.24, 2.45) is 0 Å². The number of anilines is 1. The van der Waals surface area contributed by atoms with E-state index in [0.29, 0.717) is 22.1 Å². The molecule has 1 atom stereocenters. The fraction of sp³-hybridized carbons (Fsp3) is 0.211. The first-order valence-electron chi connectivity index (χ1n) is 8.49. The van der Waals surface area contributed by atoms with Gasteiger partial charge in [0, 0.05) is 0 Å². The Hall–Kier alpha value is -3.20. The standard InChI is InChI=1S/C19H16F3N3O3/c1-24(10-15(26)23-14-7-6-13(20)16(21)17(14)22)8-9-25-18(27)11-4-2-3-5-12(11)19(25)28/h2-7H,8-10H2,1H3,(H,23,26)/p+1. The number of hydrogen-bond acceptors (Lipinski definition) is 3. The number of quaternary nitrogens is 1. The van der Waals surface area contributed by atoms with E-state index in [-0.39, 0.29) is 31.4 Å². The first-order valence-corrected chi connectivity index (χ1v) is 8.49. The Bertz CT molecular complexity index is 930. The van der Waals surface area contributed by atoms with E-state index in [1.165, 1.54) is 0 Å². The summed E-state index contributed by atoms with van der Waals surface area (Å²) in [5, 5.41) is 2.18. The molecule has 6 nitrogen and oxygen atoms in total. The number of nitrogens with zero attached hydrogens (tertiary/aromatic N) is 1. The third kappa shape index (κ3) is 3.74. The number of rotatable bonds is 6. The van der Waals surface area contributed by atoms with Crippen molar-refractivity contribution in [3.63, 3.8) is 0 Å². The molecule has 0 aromatic heterocycles. The lowest BCUT2D eigenvalue weighted by atomic mass is 10.1. The minimum absolute atomic E-state index is 0.102. The lowest BCUT2D eigenvalue weighted by Crippen LogP contribution is -3.10. The molecular weight excluding hydrogens is 375 g/mol. The maximum atomic E-state index is 13.6. The highest BCUT2D eigenvalue weighted by Gasteiger charge is 2.35. The topological polar surface area (TPSA) is 70.9 Å². The minimum atomic E-state index is -1.66. The fourth-order valence-electron chi connectivity index (χ4n) is 2.92. The molecule has 0 spiro atoms. The first kappa shape index (κ1) is 19.6. The van der Waals surface area contributed by atoms with Crippen molar-refractivity contribution in [1.29, 1.82) is 0 Å². The van der Waals surface area contributed by atoms with Gasteiger partial charge in [0.25, 0.3) is 17.7 Å². The van der Waals surface area contributed by atoms with E-state index < -0.39 is 29.0 Å². The molecule has 1 aliphatic rings. The van der Waals surface area contributed by atoms with E-state index in [9.17, 15) is 27.6 Å². The summed E-state index contributed by atoms with van der Waals surface area (Å²) in [5.74, 6) is -5.88. The van der Waals surface area contributed by atoms with E-state index >= 15 is 0 Å². The molecule has 1 heterocycles. The van der Waals surface area contributed by atoms with Crippen molar-refractivity contribution in [3.8, 4) is 0 Å². The quantitative estimate of drug-likeness (QED) is 0.566. The molecule has 2 aromatic carbocycles. The summed E-state index contributed by atoms with van der Waals surface area (Å²) < 4.78 is 39.7. The SMILES string of the molecule is C[NH+](CCN1C(=O)c2ccccc2C1=O)CC(=O)Nc1ccc(F)c(F)c1F. The van der Waals surface area contributed by atoms with Gasteiger partial charge < -0.3 is 10.2 Å². The largest absolute Gasteiger partial charge is 0.328 e. The number of hydrogen-bond donors (Lipinski definition) is 2. The zero-order valence-corrected chi connectivity index (χ0v) is 14.9. The second kappa shape index (κ2) is 7.81. The van der Waals surface area contributed by atoms with Gasteiger partial charge in [-0.25, -0.2) is 13.2 Å². The molecule has 3 amide bonds. The number of nitrogens with one attached hydrogen (secondary N) is 2. The summed E-state index contributed by atoms with van der Waals surface area (Å²) in [5.41, 5.74) is 0.227. The van der Waals surface area contributed by atoms with Gasteiger partial charge in [0.2, 0.25) is 0 Å². The molecular formula is C19H17F3N3O3+. The van der Waals surface area contributed by atoms with Crippen LogP contribution in [0.2, 0.25) is 0 Å². The molecule has 0 aliphatic carbocycles. The van der Waals surface area contributed by atoms with Crippen molar-refractivity contribution >= 4 is 23.4 Å². The predicted molar refractivity (Wildman–Crippen MR) is 93.4 cm³/mol. The van der Waals surface area contributed by atoms with Crippen LogP contribution in [0.15, 0.2) is 36.4 Å². The number of benzene rings is 2. The molecule has 0 saturated heterocycles. The van der Waals surface area contributed by atoms with Gasteiger partial charge in [-0.1, -0.05) is 12.1 Å². The van der Waals surface area contributed by atoms with Crippen LogP contribution in [-0.2, 0) is 4.79 Å². The number of carbonyl (C=O) groups excluding carboxylic acids is 3. The van der Waals surface area contributed by atoms with Gasteiger partial charge in [0.15, 0.2) is 24.0 Å². The third-order valence-electron chi connectivity index (χ3n) is 4.41. The number of fused-ring (bicyclic) bond motifs is 1. The van der Waals surface area contributed by atoms with Gasteiger partial charge in [-0.15, -0.1) is 0 Å². The average Bonchev–Trinajstić information content (AvgIpc) is 2.91. The summed E-state index contributed by atoms with van der Waals surface area (Å²) >= 11 is 0. The van der Waals surface area contributed by atoms with Gasteiger partial charge in [0.05, 0.1) is 37.0 Å². The second-order valence-corrected chi connectivity index (χ2v) is 6.46. The number of carbonyl (C=O) groups is 3. The second-order valence-electron chi connectivity index (χ2n) is 6.46. The summed E-state index contributed by atoms with van der Waals surface area (Å²) in [6.07, 6.45) is 0. The van der Waals surface area contributed by atoms with Gasteiger partial charge >= 0.3 is 0 Å². The van der Waals surface area contributed by atoms with Crippen molar-refractivity contribution in [3.05, 3.63) is 65.0 Å². The van der Waals surface area contributed by atoms with E-state index in [0.717, 1.165) is 11.0 Å². The van der Waals surface area contributed by atoms with Gasteiger partial charge in [-0.2, -0.15) is 0 Å². The monoisotopic (exact) mass is 392 g/mol. The summed E-state index contributed by atoms with van der Waals surface area (Å²) in [4.78, 5) is 38.3. The van der Waals surface area contributed by atoms with Crippen LogP contribution in [0.4, 0.5) is 18.9 Å². The lowest BCUT2D eigenvalue weighted by Gasteiger charge is -2.18. The molecule has 146 valence electrons. The van der Waals surface area contributed by atoms with Crippen LogP contribution in [0.3, 0.4) is 0 Å². The predicted octanol–water partition coefficient (Wildman–Crippen LogP) is 0.853. The molecule has 1 aliphatic heterocycles. The number of likely N-dealkylation sites (N-methyl/N-ethyl adjacent to an activating group) is 1. The highest BCUT2D eigenvalue weighted by atomic mass is 19.2. The molecule has 2 N–H and O–H groups in total. The molecule has 0 bridgehead atoms. The number of amides is 3. The van der Waals surface area contributed by atoms with Gasteiger partial charge in [-0.05, 0) is 24.3 Å². The van der Waals surface area contributed by atoms with Crippen LogP contribution in [0.25, 0.3) is 0 Å². The molecule has 0 fully saturated rings. The van der Waals surface area contributed by atoms with Gasteiger partial charge in [0.1, 0.15) is 0 Å². The minimum Gasteiger partial charge on any atom is -0.328 e. The van der Waals surface area contributed by atoms with Crippen LogP contribution in [0.5, 0.6) is 0 Å². The highest BCUT2D eigenvalue weighted by molar-refractivity contribution is 6.21. The van der Waals surface area contributed by atoms with Crippen LogP contribution in [0.1, 0.15) is 20.7 Å². The fourth-order valence-corrected chi connectivity index (χ4v) is 2.92. The van der Waals surface area contributed by atoms with E-state index in [1.807, 2.05) is 0 Å². The summed E-state index contributed by atoms with van der Waals surface area (Å²) in [6.45, 7) is 0.256. The van der Waals surface area contributed by atoms with E-state index in [4.69, 9.17) is 0 Å². The Balaban J connectivity index is 1.54. The maximum Gasteiger partial charge on any atom is 0.279 e. The molecule has 1 unspecified atom stereocenters. The zero-order chi connectivity index (χ0) is 20.4. The Morgan fingerprint density at radius 2 is 1.61 bits per heavy atom. The highest BCUT2D eigenvalue weighted by Crippen LogP contribution is 2.21. The smallest absolute Gasteiger partial charge is 0.279 e. The van der Waals surface area contributed by atoms with Gasteiger partial charge in [-0.3, -0.25) is 19.3 Å². The van der Waals surface area contributed by atoms with Crippen molar-refractivity contribution in [1.82, 2.24) is 4.90 Å². The molecule has 0 saturated carbocycles.